The Labute approximate surface area is 164 Å². The summed E-state index contributed by atoms with van der Waals surface area (Å²) in [7, 11) is -2.37. The molecule has 2 rings (SSSR count). The van der Waals surface area contributed by atoms with Crippen molar-refractivity contribution in [2.24, 2.45) is 35.5 Å². The smallest absolute Gasteiger partial charge is 0.361 e. The predicted octanol–water partition coefficient (Wildman–Crippen LogP) is 6.74. The third kappa shape index (κ3) is 5.69. The van der Waals surface area contributed by atoms with E-state index in [1.54, 1.807) is 0 Å². The lowest BCUT2D eigenvalue weighted by atomic mass is 9.75. The molecule has 3 heteroatoms. The molecule has 152 valence electrons. The summed E-state index contributed by atoms with van der Waals surface area (Å²) < 4.78 is 13.7. The lowest BCUT2D eigenvalue weighted by Gasteiger charge is -2.44. The van der Waals surface area contributed by atoms with E-state index in [2.05, 4.69) is 54.7 Å². The number of rotatable bonds is 7. The van der Waals surface area contributed by atoms with E-state index >= 15 is 0 Å². The Morgan fingerprint density at radius 1 is 0.808 bits per heavy atom. The molecule has 0 aromatic carbocycles. The monoisotopic (exact) mass is 380 g/mol. The van der Waals surface area contributed by atoms with Crippen molar-refractivity contribution in [2.45, 2.75) is 98.8 Å². The van der Waals surface area contributed by atoms with Gasteiger partial charge in [0.15, 0.2) is 0 Å². The van der Waals surface area contributed by atoms with E-state index in [0.717, 1.165) is 11.8 Å². The third-order valence-electron chi connectivity index (χ3n) is 7.06. The molecular formula is C23H44O2Si. The average Bonchev–Trinajstić information content (AvgIpc) is 2.54. The molecule has 0 heterocycles. The van der Waals surface area contributed by atoms with Crippen LogP contribution >= 0.6 is 0 Å². The quantitative estimate of drug-likeness (QED) is 0.455. The van der Waals surface area contributed by atoms with Crippen molar-refractivity contribution in [3.8, 4) is 0 Å². The molecule has 2 aliphatic rings. The van der Waals surface area contributed by atoms with Crippen molar-refractivity contribution in [1.29, 1.82) is 0 Å². The normalized spacial score (nSPS) is 38.3. The summed E-state index contributed by atoms with van der Waals surface area (Å²) in [6, 6.07) is 0. The van der Waals surface area contributed by atoms with Gasteiger partial charge in [-0.3, -0.25) is 0 Å². The Balaban J connectivity index is 2.11. The number of hydrogen-bond donors (Lipinski definition) is 0. The van der Waals surface area contributed by atoms with Gasteiger partial charge in [-0.25, -0.2) is 0 Å². The molecule has 0 N–H and O–H groups in total. The van der Waals surface area contributed by atoms with Gasteiger partial charge in [-0.05, 0) is 73.4 Å². The second-order valence-electron chi connectivity index (χ2n) is 10.2. The summed E-state index contributed by atoms with van der Waals surface area (Å²) in [5.41, 5.74) is 2.04. The summed E-state index contributed by atoms with van der Waals surface area (Å²) in [5.74, 6) is 4.19. The molecule has 26 heavy (non-hydrogen) atoms. The van der Waals surface area contributed by atoms with Gasteiger partial charge in [0.25, 0.3) is 0 Å². The zero-order valence-corrected chi connectivity index (χ0v) is 19.5. The molecule has 0 spiro atoms. The fourth-order valence-corrected chi connectivity index (χ4v) is 7.22. The first-order valence-corrected chi connectivity index (χ1v) is 13.5. The van der Waals surface area contributed by atoms with Gasteiger partial charge >= 0.3 is 8.56 Å². The first-order valence-electron chi connectivity index (χ1n) is 11.1. The summed E-state index contributed by atoms with van der Waals surface area (Å²) in [6.07, 6.45) is 8.30. The van der Waals surface area contributed by atoms with Crippen molar-refractivity contribution >= 4 is 8.56 Å². The Kier molecular flexibility index (Phi) is 8.00. The Hall–Kier alpha value is -0.123. The van der Waals surface area contributed by atoms with E-state index in [1.807, 2.05) is 5.70 Å². The van der Waals surface area contributed by atoms with Crippen LogP contribution in [0.5, 0.6) is 0 Å². The predicted molar refractivity (Wildman–Crippen MR) is 114 cm³/mol. The highest BCUT2D eigenvalue weighted by atomic mass is 28.4. The summed E-state index contributed by atoms with van der Waals surface area (Å²) in [5, 5.41) is 0. The van der Waals surface area contributed by atoms with E-state index in [1.165, 1.54) is 38.5 Å². The molecular weight excluding hydrogens is 336 g/mol. The second kappa shape index (κ2) is 9.38. The van der Waals surface area contributed by atoms with Crippen LogP contribution in [0.25, 0.3) is 0 Å². The van der Waals surface area contributed by atoms with Crippen molar-refractivity contribution in [3.05, 3.63) is 12.3 Å². The average molecular weight is 381 g/mol. The van der Waals surface area contributed by atoms with Crippen LogP contribution in [0, 0.1) is 35.5 Å². The Morgan fingerprint density at radius 2 is 1.19 bits per heavy atom. The van der Waals surface area contributed by atoms with Gasteiger partial charge in [-0.2, -0.15) is 0 Å². The maximum absolute atomic E-state index is 6.84. The standard InChI is InChI=1S/C23H44O2Si/c1-9-26(8,24-22-14-18(6)10-12-20(22)16(2)3)25-23-15-19(7)11-13-21(23)17(4)5/h9,16-23H,1,10-15H2,2-8H3. The second-order valence-corrected chi connectivity index (χ2v) is 13.1. The highest BCUT2D eigenvalue weighted by Crippen LogP contribution is 2.40. The molecule has 0 aromatic heterocycles. The highest BCUT2D eigenvalue weighted by Gasteiger charge is 2.42. The molecule has 0 bridgehead atoms. The van der Waals surface area contributed by atoms with Gasteiger partial charge in [0, 0.05) is 0 Å². The molecule has 6 unspecified atom stereocenters. The van der Waals surface area contributed by atoms with E-state index in [0.29, 0.717) is 35.9 Å². The van der Waals surface area contributed by atoms with Crippen molar-refractivity contribution in [2.75, 3.05) is 0 Å². The van der Waals surface area contributed by atoms with Crippen molar-refractivity contribution in [3.63, 3.8) is 0 Å². The Bertz CT molecular complexity index is 413. The van der Waals surface area contributed by atoms with Crippen LogP contribution in [-0.2, 0) is 8.85 Å². The largest absolute Gasteiger partial charge is 0.388 e. The van der Waals surface area contributed by atoms with Gasteiger partial charge in [0.2, 0.25) is 0 Å². The van der Waals surface area contributed by atoms with Gasteiger partial charge in [-0.15, -0.1) is 6.58 Å². The lowest BCUT2D eigenvalue weighted by molar-refractivity contribution is -0.0210. The molecule has 0 radical (unpaired) electrons. The first kappa shape index (κ1) is 22.2. The molecule has 2 saturated carbocycles. The molecule has 6 atom stereocenters. The molecule has 0 amide bonds. The minimum Gasteiger partial charge on any atom is -0.388 e. The van der Waals surface area contributed by atoms with Crippen molar-refractivity contribution < 1.29 is 8.85 Å². The molecule has 0 saturated heterocycles. The summed E-state index contributed by atoms with van der Waals surface area (Å²) in [6.45, 7) is 20.5. The maximum Gasteiger partial charge on any atom is 0.361 e. The SMILES string of the molecule is C=C[Si](C)(OC1CC(C)CCC1C(C)C)OC1CC(C)CCC1C(C)C. The van der Waals surface area contributed by atoms with Crippen LogP contribution in [0.4, 0.5) is 0 Å². The van der Waals surface area contributed by atoms with Crippen LogP contribution < -0.4 is 0 Å². The Morgan fingerprint density at radius 3 is 1.50 bits per heavy atom. The fraction of sp³-hybridized carbons (Fsp3) is 0.913. The zero-order chi connectivity index (χ0) is 19.5. The van der Waals surface area contributed by atoms with Gasteiger partial charge < -0.3 is 8.85 Å². The minimum atomic E-state index is -2.37. The van der Waals surface area contributed by atoms with Crippen molar-refractivity contribution in [1.82, 2.24) is 0 Å². The van der Waals surface area contributed by atoms with Gasteiger partial charge in [0.1, 0.15) is 0 Å². The fourth-order valence-electron chi connectivity index (χ4n) is 5.23. The van der Waals surface area contributed by atoms with Crippen LogP contribution in [-0.4, -0.2) is 20.8 Å². The van der Waals surface area contributed by atoms with E-state index in [4.69, 9.17) is 8.85 Å². The molecule has 2 aliphatic carbocycles. The molecule has 2 nitrogen and oxygen atoms in total. The van der Waals surface area contributed by atoms with Gasteiger partial charge in [0.05, 0.1) is 12.2 Å². The first-order chi connectivity index (χ1) is 12.1. The summed E-state index contributed by atoms with van der Waals surface area (Å²) >= 11 is 0. The van der Waals surface area contributed by atoms with E-state index < -0.39 is 8.56 Å². The van der Waals surface area contributed by atoms with Crippen LogP contribution in [0.2, 0.25) is 6.55 Å². The van der Waals surface area contributed by atoms with Crippen LogP contribution in [0.1, 0.15) is 80.1 Å². The van der Waals surface area contributed by atoms with E-state index in [-0.39, 0.29) is 0 Å². The highest BCUT2D eigenvalue weighted by molar-refractivity contribution is 6.71. The zero-order valence-electron chi connectivity index (χ0n) is 18.5. The molecule has 0 aliphatic heterocycles. The van der Waals surface area contributed by atoms with E-state index in [9.17, 15) is 0 Å². The molecule has 0 aromatic rings. The topological polar surface area (TPSA) is 18.5 Å². The minimum absolute atomic E-state index is 0.340. The lowest BCUT2D eigenvalue weighted by Crippen LogP contribution is -2.50. The van der Waals surface area contributed by atoms with Crippen LogP contribution in [0.3, 0.4) is 0 Å². The number of hydrogen-bond acceptors (Lipinski definition) is 2. The van der Waals surface area contributed by atoms with Gasteiger partial charge in [-0.1, -0.05) is 54.4 Å². The maximum atomic E-state index is 6.84. The summed E-state index contributed by atoms with van der Waals surface area (Å²) in [4.78, 5) is 0. The van der Waals surface area contributed by atoms with Crippen LogP contribution in [0.15, 0.2) is 12.3 Å². The molecule has 2 fully saturated rings. The third-order valence-corrected chi connectivity index (χ3v) is 9.35.